The minimum atomic E-state index is -0.486. The Hall–Kier alpha value is -2.89. The van der Waals surface area contributed by atoms with Crippen LogP contribution in [0.25, 0.3) is 0 Å². The molecule has 0 spiro atoms. The van der Waals surface area contributed by atoms with E-state index in [2.05, 4.69) is 5.32 Å². The van der Waals surface area contributed by atoms with Crippen molar-refractivity contribution < 1.29 is 14.8 Å². The molecule has 0 fully saturated rings. The number of carbonyl (C=O) groups excluding carboxylic acids is 1. The highest BCUT2D eigenvalue weighted by Gasteiger charge is 2.12. The van der Waals surface area contributed by atoms with Crippen molar-refractivity contribution in [2.45, 2.75) is 13.3 Å². The number of carbonyl (C=O) groups is 1. The molecule has 0 aromatic heterocycles. The number of nitrogens with one attached hydrogen (secondary N) is 1. The highest BCUT2D eigenvalue weighted by molar-refractivity contribution is 5.92. The first kappa shape index (κ1) is 14.5. The van der Waals surface area contributed by atoms with Crippen LogP contribution in [0.15, 0.2) is 42.5 Å². The molecule has 2 aromatic carbocycles. The predicted molar refractivity (Wildman–Crippen MR) is 78.3 cm³/mol. The van der Waals surface area contributed by atoms with Gasteiger partial charge in [-0.15, -0.1) is 0 Å². The Morgan fingerprint density at radius 1 is 1.29 bits per heavy atom. The summed E-state index contributed by atoms with van der Waals surface area (Å²) in [5.41, 5.74) is 1.53. The summed E-state index contributed by atoms with van der Waals surface area (Å²) in [4.78, 5) is 22.3. The molecule has 6 nitrogen and oxygen atoms in total. The van der Waals surface area contributed by atoms with E-state index in [4.69, 9.17) is 0 Å². The van der Waals surface area contributed by atoms with Crippen LogP contribution in [0.5, 0.6) is 5.75 Å². The number of rotatable bonds is 4. The van der Waals surface area contributed by atoms with Gasteiger partial charge in [0, 0.05) is 17.3 Å². The average molecular weight is 286 g/mol. The quantitative estimate of drug-likeness (QED) is 0.667. The van der Waals surface area contributed by atoms with Crippen LogP contribution in [0.1, 0.15) is 11.1 Å². The van der Waals surface area contributed by atoms with E-state index in [1.165, 1.54) is 18.2 Å². The number of aromatic hydroxyl groups is 1. The molecule has 0 radical (unpaired) electrons. The van der Waals surface area contributed by atoms with Gasteiger partial charge in [-0.3, -0.25) is 14.9 Å². The summed E-state index contributed by atoms with van der Waals surface area (Å²) < 4.78 is 0. The van der Waals surface area contributed by atoms with Gasteiger partial charge in [0.15, 0.2) is 0 Å². The molecule has 0 bridgehead atoms. The number of aryl methyl sites for hydroxylation is 1. The molecule has 2 rings (SSSR count). The number of benzene rings is 2. The zero-order valence-electron chi connectivity index (χ0n) is 11.4. The van der Waals surface area contributed by atoms with Crippen LogP contribution >= 0.6 is 0 Å². The van der Waals surface area contributed by atoms with Crippen LogP contribution in [0, 0.1) is 17.0 Å². The molecule has 6 heteroatoms. The summed E-state index contributed by atoms with van der Waals surface area (Å²) in [6.45, 7) is 1.64. The van der Waals surface area contributed by atoms with E-state index in [1.54, 1.807) is 31.2 Å². The third kappa shape index (κ3) is 3.79. The second-order valence-corrected chi connectivity index (χ2v) is 4.65. The number of hydrogen-bond acceptors (Lipinski definition) is 4. The summed E-state index contributed by atoms with van der Waals surface area (Å²) >= 11 is 0. The lowest BCUT2D eigenvalue weighted by Crippen LogP contribution is -2.14. The van der Waals surface area contributed by atoms with Gasteiger partial charge in [0.2, 0.25) is 5.91 Å². The lowest BCUT2D eigenvalue weighted by Gasteiger charge is -2.06. The highest BCUT2D eigenvalue weighted by atomic mass is 16.6. The largest absolute Gasteiger partial charge is 0.508 e. The first-order chi connectivity index (χ1) is 9.95. The number of amides is 1. The molecule has 108 valence electrons. The molecular weight excluding hydrogens is 272 g/mol. The Kier molecular flexibility index (Phi) is 4.18. The minimum absolute atomic E-state index is 0.0369. The maximum atomic E-state index is 11.9. The number of phenolic OH excluding ortho intramolecular Hbond substituents is 1. The van der Waals surface area contributed by atoms with Crippen molar-refractivity contribution in [1.29, 1.82) is 0 Å². The standard InChI is InChI=1S/C15H14N2O4/c1-10-5-6-12(9-14(10)17(20)21)16-15(19)8-11-3-2-4-13(18)7-11/h2-7,9,18H,8H2,1H3,(H,16,19). The van der Waals surface area contributed by atoms with E-state index < -0.39 is 4.92 Å². The lowest BCUT2D eigenvalue weighted by molar-refractivity contribution is -0.385. The Morgan fingerprint density at radius 2 is 2.05 bits per heavy atom. The smallest absolute Gasteiger partial charge is 0.274 e. The third-order valence-electron chi connectivity index (χ3n) is 2.96. The molecule has 0 heterocycles. The van der Waals surface area contributed by atoms with Crippen LogP contribution in [-0.2, 0) is 11.2 Å². The van der Waals surface area contributed by atoms with Gasteiger partial charge in [-0.05, 0) is 30.7 Å². The number of anilines is 1. The fourth-order valence-corrected chi connectivity index (χ4v) is 1.94. The summed E-state index contributed by atoms with van der Waals surface area (Å²) in [5.74, 6) is -0.218. The van der Waals surface area contributed by atoms with Gasteiger partial charge in [0.05, 0.1) is 11.3 Å². The van der Waals surface area contributed by atoms with Crippen LogP contribution in [0.2, 0.25) is 0 Å². The highest BCUT2D eigenvalue weighted by Crippen LogP contribution is 2.22. The maximum absolute atomic E-state index is 11.9. The molecular formula is C15H14N2O4. The van der Waals surface area contributed by atoms with E-state index in [0.717, 1.165) is 0 Å². The summed E-state index contributed by atoms with van der Waals surface area (Å²) in [7, 11) is 0. The molecule has 0 aliphatic heterocycles. The van der Waals surface area contributed by atoms with Gasteiger partial charge >= 0.3 is 0 Å². The molecule has 21 heavy (non-hydrogen) atoms. The van der Waals surface area contributed by atoms with E-state index in [9.17, 15) is 20.0 Å². The second-order valence-electron chi connectivity index (χ2n) is 4.65. The first-order valence-corrected chi connectivity index (χ1v) is 6.28. The van der Waals surface area contributed by atoms with Gasteiger partial charge in [0.1, 0.15) is 5.75 Å². The van der Waals surface area contributed by atoms with Crippen molar-refractivity contribution >= 4 is 17.3 Å². The predicted octanol–water partition coefficient (Wildman–Crippen LogP) is 2.79. The van der Waals surface area contributed by atoms with Crippen molar-refractivity contribution in [2.24, 2.45) is 0 Å². The van der Waals surface area contributed by atoms with Gasteiger partial charge in [-0.2, -0.15) is 0 Å². The number of phenols is 1. The molecule has 2 aromatic rings. The number of nitro benzene ring substituents is 1. The monoisotopic (exact) mass is 286 g/mol. The van der Waals surface area contributed by atoms with Crippen LogP contribution in [-0.4, -0.2) is 15.9 Å². The average Bonchev–Trinajstić information content (AvgIpc) is 2.40. The molecule has 0 aliphatic carbocycles. The summed E-state index contributed by atoms with van der Waals surface area (Å²) in [6.07, 6.45) is 0.0794. The molecule has 1 amide bonds. The van der Waals surface area contributed by atoms with Crippen molar-refractivity contribution in [3.8, 4) is 5.75 Å². The van der Waals surface area contributed by atoms with E-state index in [1.807, 2.05) is 0 Å². The first-order valence-electron chi connectivity index (χ1n) is 6.28. The zero-order valence-corrected chi connectivity index (χ0v) is 11.4. The third-order valence-corrected chi connectivity index (χ3v) is 2.96. The second kappa shape index (κ2) is 6.04. The van der Waals surface area contributed by atoms with Crippen molar-refractivity contribution in [3.05, 3.63) is 63.7 Å². The van der Waals surface area contributed by atoms with Gasteiger partial charge < -0.3 is 10.4 Å². The zero-order chi connectivity index (χ0) is 15.4. The fourth-order valence-electron chi connectivity index (χ4n) is 1.94. The normalized spacial score (nSPS) is 10.1. The summed E-state index contributed by atoms with van der Waals surface area (Å²) in [6, 6.07) is 10.9. The van der Waals surface area contributed by atoms with Crippen LogP contribution < -0.4 is 5.32 Å². The fraction of sp³-hybridized carbons (Fsp3) is 0.133. The Bertz CT molecular complexity index is 698. The van der Waals surface area contributed by atoms with Crippen molar-refractivity contribution in [2.75, 3.05) is 5.32 Å². The lowest BCUT2D eigenvalue weighted by atomic mass is 10.1. The van der Waals surface area contributed by atoms with Gasteiger partial charge in [-0.1, -0.05) is 18.2 Å². The molecule has 0 atom stereocenters. The van der Waals surface area contributed by atoms with E-state index in [-0.39, 0.29) is 23.8 Å². The van der Waals surface area contributed by atoms with Gasteiger partial charge in [-0.25, -0.2) is 0 Å². The topological polar surface area (TPSA) is 92.5 Å². The molecule has 0 unspecified atom stereocenters. The molecule has 0 saturated heterocycles. The summed E-state index contributed by atoms with van der Waals surface area (Å²) in [5, 5.41) is 22.8. The Balaban J connectivity index is 2.09. The molecule has 2 N–H and O–H groups in total. The SMILES string of the molecule is Cc1ccc(NC(=O)Cc2cccc(O)c2)cc1[N+](=O)[O-]. The van der Waals surface area contributed by atoms with E-state index >= 15 is 0 Å². The number of hydrogen-bond donors (Lipinski definition) is 2. The number of nitrogens with zero attached hydrogens (tertiary/aromatic N) is 1. The number of nitro groups is 1. The molecule has 0 saturated carbocycles. The Morgan fingerprint density at radius 3 is 2.71 bits per heavy atom. The van der Waals surface area contributed by atoms with Crippen molar-refractivity contribution in [3.63, 3.8) is 0 Å². The minimum Gasteiger partial charge on any atom is -0.508 e. The van der Waals surface area contributed by atoms with Gasteiger partial charge in [0.25, 0.3) is 5.69 Å². The van der Waals surface area contributed by atoms with E-state index in [0.29, 0.717) is 16.8 Å². The Labute approximate surface area is 121 Å². The molecule has 0 aliphatic rings. The van der Waals surface area contributed by atoms with Crippen LogP contribution in [0.3, 0.4) is 0 Å². The van der Waals surface area contributed by atoms with Crippen molar-refractivity contribution in [1.82, 2.24) is 0 Å². The van der Waals surface area contributed by atoms with Crippen LogP contribution in [0.4, 0.5) is 11.4 Å². The maximum Gasteiger partial charge on any atom is 0.274 e.